The number of nitrogens with zero attached hydrogens (tertiary/aromatic N) is 3. The Morgan fingerprint density at radius 3 is 2.62 bits per heavy atom. The molecule has 0 aliphatic rings. The third-order valence-electron chi connectivity index (χ3n) is 4.42. The fourth-order valence-electron chi connectivity index (χ4n) is 2.92. The number of amides is 1. The summed E-state index contributed by atoms with van der Waals surface area (Å²) in [5.41, 5.74) is 1.85. The minimum atomic E-state index is -0.151. The Balaban J connectivity index is 1.67. The van der Waals surface area contributed by atoms with Crippen molar-refractivity contribution >= 4 is 11.7 Å². The monoisotopic (exact) mass is 350 g/mol. The van der Waals surface area contributed by atoms with Gasteiger partial charge in [-0.3, -0.25) is 9.59 Å². The summed E-state index contributed by atoms with van der Waals surface area (Å²) in [5.74, 6) is 0.491. The van der Waals surface area contributed by atoms with Crippen molar-refractivity contribution in [3.63, 3.8) is 0 Å². The number of carbonyl (C=O) groups excluding carboxylic acids is 1. The zero-order valence-electron chi connectivity index (χ0n) is 14.9. The smallest absolute Gasteiger partial charge is 0.250 e. The quantitative estimate of drug-likeness (QED) is 0.743. The van der Waals surface area contributed by atoms with Gasteiger partial charge in [-0.1, -0.05) is 36.4 Å². The number of nitrogens with one attached hydrogen (secondary N) is 1. The largest absolute Gasteiger partial charge is 0.312 e. The molecule has 6 heteroatoms. The predicted molar refractivity (Wildman–Crippen MR) is 101 cm³/mol. The van der Waals surface area contributed by atoms with Crippen LogP contribution in [-0.2, 0) is 11.3 Å². The van der Waals surface area contributed by atoms with E-state index in [9.17, 15) is 9.59 Å². The fourth-order valence-corrected chi connectivity index (χ4v) is 2.92. The average Bonchev–Trinajstić information content (AvgIpc) is 3.09. The molecule has 0 radical (unpaired) electrons. The molecule has 1 atom stereocenters. The van der Waals surface area contributed by atoms with Crippen LogP contribution in [0.4, 0.5) is 5.82 Å². The van der Waals surface area contributed by atoms with Crippen molar-refractivity contribution in [3.8, 4) is 0 Å². The van der Waals surface area contributed by atoms with Crippen LogP contribution in [0.15, 0.2) is 65.6 Å². The second-order valence-electron chi connectivity index (χ2n) is 6.20. The van der Waals surface area contributed by atoms with Crippen LogP contribution in [0, 0.1) is 6.92 Å². The van der Waals surface area contributed by atoms with E-state index in [1.165, 1.54) is 6.07 Å². The maximum absolute atomic E-state index is 12.4. The minimum absolute atomic E-state index is 0.000451. The lowest BCUT2D eigenvalue weighted by Crippen LogP contribution is -2.25. The second kappa shape index (κ2) is 7.82. The summed E-state index contributed by atoms with van der Waals surface area (Å²) in [6.45, 7) is 4.24. The van der Waals surface area contributed by atoms with Crippen molar-refractivity contribution in [2.45, 2.75) is 32.9 Å². The highest BCUT2D eigenvalue weighted by Crippen LogP contribution is 2.21. The van der Waals surface area contributed by atoms with Crippen molar-refractivity contribution in [2.24, 2.45) is 0 Å². The number of aromatic nitrogens is 3. The zero-order valence-corrected chi connectivity index (χ0v) is 14.9. The summed E-state index contributed by atoms with van der Waals surface area (Å²) in [4.78, 5) is 24.2. The van der Waals surface area contributed by atoms with Gasteiger partial charge in [-0.2, -0.15) is 5.10 Å². The van der Waals surface area contributed by atoms with E-state index in [4.69, 9.17) is 0 Å². The molecule has 0 saturated heterocycles. The SMILES string of the molecule is Cc1cccc(=O)n1CCC(=O)Nc1ccnn1C(C)c1ccccc1. The summed E-state index contributed by atoms with van der Waals surface area (Å²) in [6, 6.07) is 16.8. The molecule has 0 spiro atoms. The van der Waals surface area contributed by atoms with Crippen LogP contribution in [0.2, 0.25) is 0 Å². The van der Waals surface area contributed by atoms with Gasteiger partial charge in [0.1, 0.15) is 5.82 Å². The number of benzene rings is 1. The first kappa shape index (κ1) is 17.7. The molecule has 3 aromatic rings. The van der Waals surface area contributed by atoms with Gasteiger partial charge in [0, 0.05) is 30.8 Å². The first-order valence-electron chi connectivity index (χ1n) is 8.61. The maximum atomic E-state index is 12.4. The second-order valence-corrected chi connectivity index (χ2v) is 6.20. The standard InChI is InChI=1S/C20H22N4O2/c1-15-7-6-10-20(26)23(15)14-12-19(25)22-18-11-13-21-24(18)16(2)17-8-4-3-5-9-17/h3-11,13,16H,12,14H2,1-2H3,(H,22,25). The Hall–Kier alpha value is -3.15. The minimum Gasteiger partial charge on any atom is -0.312 e. The zero-order chi connectivity index (χ0) is 18.5. The van der Waals surface area contributed by atoms with E-state index >= 15 is 0 Å². The fraction of sp³-hybridized carbons (Fsp3) is 0.250. The third-order valence-corrected chi connectivity index (χ3v) is 4.42. The third kappa shape index (κ3) is 3.91. The Bertz CT molecular complexity index is 944. The van der Waals surface area contributed by atoms with Crippen LogP contribution in [0.1, 0.15) is 30.6 Å². The van der Waals surface area contributed by atoms with Gasteiger partial charge in [0.2, 0.25) is 5.91 Å². The molecule has 0 aliphatic heterocycles. The van der Waals surface area contributed by atoms with Crippen molar-refractivity contribution in [3.05, 3.63) is 82.4 Å². The van der Waals surface area contributed by atoms with Crippen molar-refractivity contribution in [2.75, 3.05) is 5.32 Å². The Morgan fingerprint density at radius 2 is 1.88 bits per heavy atom. The maximum Gasteiger partial charge on any atom is 0.250 e. The topological polar surface area (TPSA) is 68.9 Å². The lowest BCUT2D eigenvalue weighted by atomic mass is 10.1. The van der Waals surface area contributed by atoms with Crippen LogP contribution >= 0.6 is 0 Å². The lowest BCUT2D eigenvalue weighted by molar-refractivity contribution is -0.116. The Labute approximate surface area is 152 Å². The van der Waals surface area contributed by atoms with E-state index < -0.39 is 0 Å². The molecule has 0 saturated carbocycles. The van der Waals surface area contributed by atoms with Crippen molar-refractivity contribution in [1.82, 2.24) is 14.3 Å². The van der Waals surface area contributed by atoms with Gasteiger partial charge in [-0.15, -0.1) is 0 Å². The van der Waals surface area contributed by atoms with Crippen molar-refractivity contribution in [1.29, 1.82) is 0 Å². The molecular formula is C20H22N4O2. The van der Waals surface area contributed by atoms with Crippen LogP contribution in [0.25, 0.3) is 0 Å². The lowest BCUT2D eigenvalue weighted by Gasteiger charge is -2.16. The normalized spacial score (nSPS) is 11.9. The summed E-state index contributed by atoms with van der Waals surface area (Å²) in [7, 11) is 0. The number of pyridine rings is 1. The molecule has 2 aromatic heterocycles. The molecule has 0 aliphatic carbocycles. The highest BCUT2D eigenvalue weighted by Gasteiger charge is 2.14. The molecule has 0 fully saturated rings. The molecule has 1 N–H and O–H groups in total. The van der Waals surface area contributed by atoms with E-state index in [0.717, 1.165) is 11.3 Å². The number of hydrogen-bond donors (Lipinski definition) is 1. The summed E-state index contributed by atoms with van der Waals surface area (Å²) < 4.78 is 3.39. The van der Waals surface area contributed by atoms with Gasteiger partial charge in [-0.25, -0.2) is 4.68 Å². The van der Waals surface area contributed by atoms with Crippen LogP contribution in [0.5, 0.6) is 0 Å². The summed E-state index contributed by atoms with van der Waals surface area (Å²) in [6.07, 6.45) is 1.89. The molecule has 3 rings (SSSR count). The van der Waals surface area contributed by atoms with Gasteiger partial charge in [0.25, 0.3) is 5.56 Å². The van der Waals surface area contributed by atoms with Gasteiger partial charge < -0.3 is 9.88 Å². The van der Waals surface area contributed by atoms with E-state index in [2.05, 4.69) is 10.4 Å². The number of carbonyl (C=O) groups is 1. The van der Waals surface area contributed by atoms with Crippen molar-refractivity contribution < 1.29 is 4.79 Å². The number of hydrogen-bond acceptors (Lipinski definition) is 3. The van der Waals surface area contributed by atoms with E-state index in [-0.39, 0.29) is 23.9 Å². The van der Waals surface area contributed by atoms with Crippen LogP contribution < -0.4 is 10.9 Å². The first-order valence-corrected chi connectivity index (χ1v) is 8.61. The molecule has 26 heavy (non-hydrogen) atoms. The first-order chi connectivity index (χ1) is 12.6. The van der Waals surface area contributed by atoms with Gasteiger partial charge in [0.15, 0.2) is 0 Å². The van der Waals surface area contributed by atoms with E-state index in [0.29, 0.717) is 12.4 Å². The molecule has 134 valence electrons. The summed E-state index contributed by atoms with van der Waals surface area (Å²) in [5, 5.41) is 7.24. The van der Waals surface area contributed by atoms with Gasteiger partial charge in [0.05, 0.1) is 12.2 Å². The number of aryl methyl sites for hydroxylation is 1. The molecule has 1 amide bonds. The Morgan fingerprint density at radius 1 is 1.12 bits per heavy atom. The molecule has 0 bridgehead atoms. The summed E-state index contributed by atoms with van der Waals surface area (Å²) >= 11 is 0. The van der Waals surface area contributed by atoms with Crippen LogP contribution in [0.3, 0.4) is 0 Å². The molecule has 1 aromatic carbocycles. The van der Waals surface area contributed by atoms with E-state index in [1.807, 2.05) is 50.2 Å². The number of anilines is 1. The molecule has 2 heterocycles. The van der Waals surface area contributed by atoms with Gasteiger partial charge >= 0.3 is 0 Å². The molecular weight excluding hydrogens is 328 g/mol. The van der Waals surface area contributed by atoms with Crippen LogP contribution in [-0.4, -0.2) is 20.3 Å². The highest BCUT2D eigenvalue weighted by molar-refractivity contribution is 5.89. The Kier molecular flexibility index (Phi) is 5.31. The van der Waals surface area contributed by atoms with Gasteiger partial charge in [-0.05, 0) is 25.5 Å². The predicted octanol–water partition coefficient (Wildman–Crippen LogP) is 2.99. The average molecular weight is 350 g/mol. The number of rotatable bonds is 6. The highest BCUT2D eigenvalue weighted by atomic mass is 16.2. The molecule has 1 unspecified atom stereocenters. The molecule has 6 nitrogen and oxygen atoms in total. The van der Waals surface area contributed by atoms with E-state index in [1.54, 1.807) is 27.6 Å².